The molecule has 0 aliphatic heterocycles. The molecule has 54 valence electrons. The van der Waals surface area contributed by atoms with Crippen LogP contribution >= 0.6 is 12.2 Å². The minimum atomic E-state index is -3.76. The molecule has 0 spiro atoms. The fourth-order valence-electron chi connectivity index (χ4n) is 0.349. The van der Waals surface area contributed by atoms with Gasteiger partial charge in [0.05, 0.1) is 5.75 Å². The Morgan fingerprint density at radius 1 is 1.56 bits per heavy atom. The minimum Gasteiger partial charge on any atom is -0.286 e. The Bertz CT molecular complexity index is 170. The van der Waals surface area contributed by atoms with Crippen LogP contribution in [-0.4, -0.2) is 24.1 Å². The molecule has 0 radical (unpaired) electrons. The molecule has 0 amide bonds. The van der Waals surface area contributed by atoms with E-state index in [-0.39, 0.29) is 5.75 Å². The highest BCUT2D eigenvalue weighted by atomic mass is 32.2. The lowest BCUT2D eigenvalue weighted by Crippen LogP contribution is -2.03. The van der Waals surface area contributed by atoms with Crippen LogP contribution in [0.4, 0.5) is 0 Å². The predicted octanol–water partition coefficient (Wildman–Crippen LogP) is 0.654. The lowest BCUT2D eigenvalue weighted by Gasteiger charge is -1.90. The fraction of sp³-hybridized carbons (Fsp3) is 0.750. The summed E-state index contributed by atoms with van der Waals surface area (Å²) in [4.78, 5) is 0. The normalized spacial score (nSPS) is 11.2. The Kier molecular flexibility index (Phi) is 3.92. The van der Waals surface area contributed by atoms with Crippen LogP contribution in [0, 0.1) is 0 Å². The Balaban J connectivity index is 3.40. The Hall–Kier alpha value is -0.0000000000000000555. The summed E-state index contributed by atoms with van der Waals surface area (Å²) in [7, 11) is -3.76. The molecular weight excluding hydrogens is 160 g/mol. The summed E-state index contributed by atoms with van der Waals surface area (Å²) in [5.41, 5.74) is 0. The van der Waals surface area contributed by atoms with Gasteiger partial charge in [0.1, 0.15) is 0 Å². The van der Waals surface area contributed by atoms with Gasteiger partial charge >= 0.3 is 0 Å². The highest BCUT2D eigenvalue weighted by Crippen LogP contribution is 1.90. The van der Waals surface area contributed by atoms with Gasteiger partial charge in [-0.05, 0) is 18.2 Å². The number of thiocarbonyl (C=S) groups is 1. The quantitative estimate of drug-likeness (QED) is 0.380. The monoisotopic (exact) mass is 168 g/mol. The lowest BCUT2D eigenvalue weighted by atomic mass is 10.4. The molecule has 0 fully saturated rings. The van der Waals surface area contributed by atoms with Gasteiger partial charge in [0.25, 0.3) is 10.1 Å². The summed E-state index contributed by atoms with van der Waals surface area (Å²) in [6.45, 7) is 0. The van der Waals surface area contributed by atoms with Gasteiger partial charge in [-0.25, -0.2) is 0 Å². The molecule has 0 aromatic rings. The van der Waals surface area contributed by atoms with E-state index in [0.717, 1.165) is 0 Å². The van der Waals surface area contributed by atoms with Crippen LogP contribution in [0.1, 0.15) is 12.8 Å². The van der Waals surface area contributed by atoms with Crippen LogP contribution < -0.4 is 0 Å². The molecule has 0 saturated heterocycles. The van der Waals surface area contributed by atoms with Gasteiger partial charge < -0.3 is 0 Å². The molecule has 0 saturated carbocycles. The molecule has 9 heavy (non-hydrogen) atoms. The van der Waals surface area contributed by atoms with Crippen molar-refractivity contribution < 1.29 is 13.0 Å². The lowest BCUT2D eigenvalue weighted by molar-refractivity contribution is 0.481. The van der Waals surface area contributed by atoms with Crippen molar-refractivity contribution >= 4 is 27.7 Å². The minimum absolute atomic E-state index is 0.194. The van der Waals surface area contributed by atoms with Crippen LogP contribution in [-0.2, 0) is 10.1 Å². The van der Waals surface area contributed by atoms with Crippen LogP contribution in [0.5, 0.6) is 0 Å². The van der Waals surface area contributed by atoms with Gasteiger partial charge in [0.15, 0.2) is 0 Å². The fourth-order valence-corrected chi connectivity index (χ4v) is 1.05. The Labute approximate surface area is 59.8 Å². The van der Waals surface area contributed by atoms with Crippen molar-refractivity contribution in [2.24, 2.45) is 0 Å². The molecule has 0 aliphatic carbocycles. The number of rotatable bonds is 4. The van der Waals surface area contributed by atoms with Crippen molar-refractivity contribution in [3.05, 3.63) is 0 Å². The second kappa shape index (κ2) is 3.92. The van der Waals surface area contributed by atoms with Crippen LogP contribution in [0.15, 0.2) is 0 Å². The molecule has 3 nitrogen and oxygen atoms in total. The summed E-state index contributed by atoms with van der Waals surface area (Å²) >= 11 is 4.44. The maximum atomic E-state index is 10.0. The number of unbranched alkanes of at least 4 members (excludes halogenated alkanes) is 1. The first-order valence-corrected chi connectivity index (χ1v) is 4.53. The molecule has 0 rings (SSSR count). The van der Waals surface area contributed by atoms with E-state index in [2.05, 4.69) is 12.2 Å². The molecule has 0 aromatic heterocycles. The van der Waals surface area contributed by atoms with Crippen LogP contribution in [0.3, 0.4) is 0 Å². The van der Waals surface area contributed by atoms with Gasteiger partial charge in [0, 0.05) is 0 Å². The van der Waals surface area contributed by atoms with Crippen molar-refractivity contribution in [1.29, 1.82) is 0 Å². The van der Waals surface area contributed by atoms with E-state index >= 15 is 0 Å². The topological polar surface area (TPSA) is 54.4 Å². The van der Waals surface area contributed by atoms with Crippen molar-refractivity contribution in [2.75, 3.05) is 5.75 Å². The second-order valence-corrected chi connectivity index (χ2v) is 3.50. The average molecular weight is 168 g/mol. The largest absolute Gasteiger partial charge is 0.286 e. The molecular formula is C4H8O3S2. The smallest absolute Gasteiger partial charge is 0.264 e. The van der Waals surface area contributed by atoms with Crippen molar-refractivity contribution in [3.8, 4) is 0 Å². The van der Waals surface area contributed by atoms with E-state index < -0.39 is 10.1 Å². The summed E-state index contributed by atoms with van der Waals surface area (Å²) < 4.78 is 28.2. The van der Waals surface area contributed by atoms with E-state index in [1.807, 2.05) is 0 Å². The zero-order chi connectivity index (χ0) is 7.33. The first-order valence-electron chi connectivity index (χ1n) is 2.45. The zero-order valence-electron chi connectivity index (χ0n) is 4.78. The Morgan fingerprint density at radius 3 is 2.44 bits per heavy atom. The number of hydrogen-bond acceptors (Lipinski definition) is 3. The third kappa shape index (κ3) is 8.00. The van der Waals surface area contributed by atoms with E-state index in [1.165, 1.54) is 5.37 Å². The second-order valence-electron chi connectivity index (χ2n) is 1.59. The van der Waals surface area contributed by atoms with Gasteiger partial charge in [-0.3, -0.25) is 4.55 Å². The van der Waals surface area contributed by atoms with E-state index in [4.69, 9.17) is 4.55 Å². The third-order valence-corrected chi connectivity index (χ3v) is 1.76. The van der Waals surface area contributed by atoms with Crippen molar-refractivity contribution in [3.63, 3.8) is 0 Å². The molecule has 0 heterocycles. The molecule has 5 heteroatoms. The maximum absolute atomic E-state index is 10.0. The van der Waals surface area contributed by atoms with E-state index in [9.17, 15) is 8.42 Å². The van der Waals surface area contributed by atoms with Crippen molar-refractivity contribution in [1.82, 2.24) is 0 Å². The van der Waals surface area contributed by atoms with Gasteiger partial charge in [-0.2, -0.15) is 8.42 Å². The van der Waals surface area contributed by atoms with Crippen molar-refractivity contribution in [2.45, 2.75) is 12.8 Å². The predicted molar refractivity (Wildman–Crippen MR) is 39.3 cm³/mol. The maximum Gasteiger partial charge on any atom is 0.264 e. The van der Waals surface area contributed by atoms with Gasteiger partial charge in [-0.1, -0.05) is 12.2 Å². The summed E-state index contributed by atoms with van der Waals surface area (Å²) in [5, 5.41) is 1.45. The molecule has 1 N–H and O–H groups in total. The SMILES string of the molecule is O=S(=O)(O)CCCC=S. The van der Waals surface area contributed by atoms with E-state index in [1.54, 1.807) is 0 Å². The Morgan fingerprint density at radius 2 is 2.11 bits per heavy atom. The number of hydrogen-bond donors (Lipinski definition) is 1. The molecule has 0 atom stereocenters. The van der Waals surface area contributed by atoms with Gasteiger partial charge in [0.2, 0.25) is 0 Å². The highest BCUT2D eigenvalue weighted by molar-refractivity contribution is 7.85. The van der Waals surface area contributed by atoms with Gasteiger partial charge in [-0.15, -0.1) is 0 Å². The molecule has 0 bridgehead atoms. The molecule has 0 aromatic carbocycles. The summed E-state index contributed by atoms with van der Waals surface area (Å²) in [6.07, 6.45) is 0.956. The standard InChI is InChI=1S/C4H8O3S2/c5-9(6,7)4-2-1-3-8/h3H,1-2,4H2,(H,5,6,7). The average Bonchev–Trinajstić information content (AvgIpc) is 1.63. The molecule has 0 aliphatic rings. The highest BCUT2D eigenvalue weighted by Gasteiger charge is 2.00. The zero-order valence-corrected chi connectivity index (χ0v) is 6.41. The molecule has 0 unspecified atom stereocenters. The summed E-state index contributed by atoms with van der Waals surface area (Å²) in [5.74, 6) is -0.194. The first-order chi connectivity index (χ1) is 4.06. The van der Waals surface area contributed by atoms with Crippen LogP contribution in [0.25, 0.3) is 0 Å². The first kappa shape index (κ1) is 9.00. The third-order valence-electron chi connectivity index (χ3n) is 0.724. The van der Waals surface area contributed by atoms with Crippen LogP contribution in [0.2, 0.25) is 0 Å². The van der Waals surface area contributed by atoms with E-state index in [0.29, 0.717) is 12.8 Å². The summed E-state index contributed by atoms with van der Waals surface area (Å²) in [6, 6.07) is 0.